The average molecular weight is 834 g/mol. The summed E-state index contributed by atoms with van der Waals surface area (Å²) in [5.74, 6) is -3.50. The number of fused-ring (bicyclic) bond motifs is 5. The molecule has 0 saturated carbocycles. The first-order valence-corrected chi connectivity index (χ1v) is 20.6. The van der Waals surface area contributed by atoms with E-state index < -0.39 is 82.8 Å². The quantitative estimate of drug-likeness (QED) is 0.115. The molecule has 59 heavy (non-hydrogen) atoms. The molecule has 16 nitrogen and oxygen atoms in total. The van der Waals surface area contributed by atoms with E-state index in [2.05, 4.69) is 11.9 Å². The Labute approximate surface area is 348 Å². The van der Waals surface area contributed by atoms with E-state index in [-0.39, 0.29) is 63.0 Å². The van der Waals surface area contributed by atoms with Crippen molar-refractivity contribution in [3.63, 3.8) is 0 Å². The molecule has 3 aliphatic rings. The first kappa shape index (κ1) is 48.2. The van der Waals surface area contributed by atoms with Gasteiger partial charge < -0.3 is 54.0 Å². The molecular formula is C43H67N3O13. The van der Waals surface area contributed by atoms with E-state index in [1.807, 2.05) is 46.7 Å². The third-order valence-corrected chi connectivity index (χ3v) is 12.3. The van der Waals surface area contributed by atoms with Crippen LogP contribution in [0.1, 0.15) is 80.2 Å². The Kier molecular flexibility index (Phi) is 16.7. The fourth-order valence-electron chi connectivity index (χ4n) is 8.99. The zero-order valence-corrected chi connectivity index (χ0v) is 36.3. The minimum Gasteiger partial charge on any atom is -0.459 e. The second-order valence-corrected chi connectivity index (χ2v) is 17.4. The molecule has 1 amide bonds. The molecular weight excluding hydrogens is 766 g/mol. The van der Waals surface area contributed by atoms with Gasteiger partial charge in [-0.05, 0) is 84.2 Å². The Morgan fingerprint density at radius 1 is 1.12 bits per heavy atom. The zero-order chi connectivity index (χ0) is 44.0. The average Bonchev–Trinajstić information content (AvgIpc) is 3.19. The number of hydrogen-bond acceptors (Lipinski definition) is 14. The van der Waals surface area contributed by atoms with Crippen LogP contribution >= 0.6 is 0 Å². The van der Waals surface area contributed by atoms with Crippen LogP contribution in [-0.2, 0) is 39.8 Å². The van der Waals surface area contributed by atoms with Crippen molar-refractivity contribution in [1.29, 1.82) is 0 Å². The fraction of sp³-hybridized carbons (Fsp3) is 0.721. The van der Waals surface area contributed by atoms with Crippen molar-refractivity contribution in [1.82, 2.24) is 10.2 Å². The molecule has 3 aliphatic heterocycles. The number of ether oxygens (including phenoxy) is 6. The number of nitrogens with one attached hydrogen (secondary N) is 1. The van der Waals surface area contributed by atoms with Crippen molar-refractivity contribution in [2.75, 3.05) is 33.9 Å². The number of esters is 1. The van der Waals surface area contributed by atoms with Crippen LogP contribution in [0.5, 0.6) is 0 Å². The molecule has 14 atom stereocenters. The molecule has 3 saturated heterocycles. The molecule has 0 spiro atoms. The van der Waals surface area contributed by atoms with Crippen LogP contribution < -0.4 is 5.32 Å². The lowest BCUT2D eigenvalue weighted by Crippen LogP contribution is -2.60. The molecule has 1 aromatic rings. The topological polar surface area (TPSA) is 209 Å². The number of likely N-dealkylation sites (N-methyl/N-ethyl adjacent to an activating group) is 1. The number of hydrogen-bond donors (Lipinski definition) is 4. The molecule has 0 radical (unpaired) electrons. The number of benzene rings is 1. The van der Waals surface area contributed by atoms with E-state index >= 15 is 0 Å². The number of aliphatic hydroxyl groups is 3. The number of non-ortho nitro benzene ring substituents is 1. The zero-order valence-electron chi connectivity index (χ0n) is 36.3. The molecule has 2 unspecified atom stereocenters. The number of aliphatic hydroxyl groups excluding tert-OH is 2. The number of carbonyl (C=O) groups excluding carboxylic acids is 2. The standard InChI is InChI=1S/C43H67N3O13/c1-12-34-43(9,51)38-27(5)32(16-17-54-41(50)44-21-30-14-13-15-31(19-30)46(52)53)25(3)20-42(8,56-23-24(2)22-55-38)37(28(6)35(47)29(7)39(49)58-34)59-40-36(48)33(45(10)11)18-26(4)57-40/h13-16,19,25-29,33-38,40,47-48,51H,2,12,17-18,20-23H2,1,3-11H3,(H,44,50)/b32-16+/t25-,26-,27+,28+,29-,33+,34-,35+,36-,37-,38?,40?,42-,43-/m1/s1. The minimum absolute atomic E-state index is 0.00308. The van der Waals surface area contributed by atoms with E-state index in [0.717, 1.165) is 5.57 Å². The van der Waals surface area contributed by atoms with E-state index in [1.54, 1.807) is 39.8 Å². The minimum atomic E-state index is -1.75. The van der Waals surface area contributed by atoms with Gasteiger partial charge in [0.1, 0.15) is 24.4 Å². The number of alkyl carbamates (subject to hydrolysis) is 1. The largest absolute Gasteiger partial charge is 0.459 e. The number of cyclic esters (lactones) is 1. The van der Waals surface area contributed by atoms with Gasteiger partial charge in [-0.3, -0.25) is 14.9 Å². The van der Waals surface area contributed by atoms with Crippen LogP contribution in [-0.4, -0.2) is 131 Å². The molecule has 4 N–H and O–H groups in total. The van der Waals surface area contributed by atoms with Crippen LogP contribution in [0.25, 0.3) is 0 Å². The second-order valence-electron chi connectivity index (χ2n) is 17.4. The molecule has 2 bridgehead atoms. The van der Waals surface area contributed by atoms with Gasteiger partial charge in [0, 0.05) is 36.6 Å². The van der Waals surface area contributed by atoms with Crippen LogP contribution in [0.3, 0.4) is 0 Å². The summed E-state index contributed by atoms with van der Waals surface area (Å²) in [6.07, 6.45) is -4.70. The highest BCUT2D eigenvalue weighted by molar-refractivity contribution is 5.73. The lowest BCUT2D eigenvalue weighted by Gasteiger charge is -2.48. The lowest BCUT2D eigenvalue weighted by atomic mass is 9.72. The van der Waals surface area contributed by atoms with Crippen LogP contribution in [0.2, 0.25) is 0 Å². The predicted molar refractivity (Wildman–Crippen MR) is 218 cm³/mol. The molecule has 1 aromatic carbocycles. The maximum atomic E-state index is 13.9. The predicted octanol–water partition coefficient (Wildman–Crippen LogP) is 4.67. The van der Waals surface area contributed by atoms with Crippen LogP contribution in [0, 0.1) is 33.8 Å². The third kappa shape index (κ3) is 11.7. The van der Waals surface area contributed by atoms with Gasteiger partial charge in [-0.15, -0.1) is 0 Å². The Bertz CT molecular complexity index is 1650. The smallest absolute Gasteiger partial charge is 0.407 e. The molecule has 332 valence electrons. The summed E-state index contributed by atoms with van der Waals surface area (Å²) in [6, 6.07) is 5.63. The lowest BCUT2D eigenvalue weighted by molar-refractivity contribution is -0.384. The molecule has 16 heteroatoms. The highest BCUT2D eigenvalue weighted by Gasteiger charge is 2.52. The fourth-order valence-corrected chi connectivity index (χ4v) is 8.99. The number of carbonyl (C=O) groups is 2. The number of nitrogens with zero attached hydrogens (tertiary/aromatic N) is 2. The third-order valence-electron chi connectivity index (χ3n) is 12.3. The number of nitro benzene ring substituents is 1. The molecule has 3 heterocycles. The maximum absolute atomic E-state index is 13.9. The van der Waals surface area contributed by atoms with Gasteiger partial charge in [0.05, 0.1) is 54.1 Å². The van der Waals surface area contributed by atoms with Gasteiger partial charge in [-0.25, -0.2) is 4.79 Å². The second kappa shape index (κ2) is 20.4. The monoisotopic (exact) mass is 833 g/mol. The summed E-state index contributed by atoms with van der Waals surface area (Å²) in [7, 11) is 3.75. The van der Waals surface area contributed by atoms with Crippen molar-refractivity contribution in [2.45, 2.75) is 141 Å². The summed E-state index contributed by atoms with van der Waals surface area (Å²) in [6.45, 7) is 18.4. The molecule has 4 rings (SSSR count). The SMILES string of the molecule is C=C1COC2[C@@H](C)/C(=C/COC(=O)NCc3cccc([N+](=O)[O-])c3)[C@H](C)C[C@@](C)(OC1)[C@H](OC1O[C@H](C)C[C@H](N(C)C)[C@H]1O)[C@@H](C)[C@H](O)[C@@H](C)C(=O)O[C@H](CC)[C@@]2(C)O. The summed E-state index contributed by atoms with van der Waals surface area (Å²) >= 11 is 0. The summed E-state index contributed by atoms with van der Waals surface area (Å²) in [5, 5.41) is 49.8. The molecule has 0 aromatic heterocycles. The molecule has 3 fully saturated rings. The molecule has 0 aliphatic carbocycles. The van der Waals surface area contributed by atoms with Crippen LogP contribution in [0.4, 0.5) is 10.5 Å². The van der Waals surface area contributed by atoms with Gasteiger partial charge in [0.2, 0.25) is 0 Å². The Hall–Kier alpha value is -3.48. The number of amides is 1. The number of rotatable bonds is 9. The van der Waals surface area contributed by atoms with Crippen molar-refractivity contribution in [3.8, 4) is 0 Å². The van der Waals surface area contributed by atoms with E-state index in [1.165, 1.54) is 18.2 Å². The van der Waals surface area contributed by atoms with Gasteiger partial charge in [0.15, 0.2) is 6.29 Å². The van der Waals surface area contributed by atoms with Crippen molar-refractivity contribution in [3.05, 3.63) is 63.7 Å². The summed E-state index contributed by atoms with van der Waals surface area (Å²) in [5.41, 5.74) is -1.28. The van der Waals surface area contributed by atoms with E-state index in [9.17, 15) is 35.0 Å². The van der Waals surface area contributed by atoms with Crippen molar-refractivity contribution in [2.24, 2.45) is 23.7 Å². The van der Waals surface area contributed by atoms with Crippen LogP contribution in [0.15, 0.2) is 48.1 Å². The normalized spacial score (nSPS) is 38.4. The van der Waals surface area contributed by atoms with Gasteiger partial charge >= 0.3 is 12.1 Å². The maximum Gasteiger partial charge on any atom is 0.407 e. The Morgan fingerprint density at radius 3 is 2.46 bits per heavy atom. The Balaban J connectivity index is 1.79. The number of nitro groups is 1. The summed E-state index contributed by atoms with van der Waals surface area (Å²) < 4.78 is 38.0. The first-order valence-electron chi connectivity index (χ1n) is 20.6. The highest BCUT2D eigenvalue weighted by atomic mass is 16.7. The first-order chi connectivity index (χ1) is 27.6. The summed E-state index contributed by atoms with van der Waals surface area (Å²) in [4.78, 5) is 39.4. The van der Waals surface area contributed by atoms with E-state index in [0.29, 0.717) is 17.6 Å². The van der Waals surface area contributed by atoms with Gasteiger partial charge in [0.25, 0.3) is 5.69 Å². The Morgan fingerprint density at radius 2 is 1.81 bits per heavy atom. The van der Waals surface area contributed by atoms with Gasteiger partial charge in [-0.1, -0.05) is 52.0 Å². The highest BCUT2D eigenvalue weighted by Crippen LogP contribution is 2.43. The van der Waals surface area contributed by atoms with Crippen molar-refractivity contribution >= 4 is 17.7 Å². The van der Waals surface area contributed by atoms with Crippen molar-refractivity contribution < 1.29 is 58.3 Å². The van der Waals surface area contributed by atoms with E-state index in [4.69, 9.17) is 28.4 Å². The van der Waals surface area contributed by atoms with Gasteiger partial charge in [-0.2, -0.15) is 0 Å².